The fourth-order valence-corrected chi connectivity index (χ4v) is 3.21. The van der Waals surface area contributed by atoms with Gasteiger partial charge < -0.3 is 15.5 Å². The maximum Gasteiger partial charge on any atom is 0.323 e. The summed E-state index contributed by atoms with van der Waals surface area (Å²) in [6.45, 7) is 6.53. The first-order chi connectivity index (χ1) is 12.4. The monoisotopic (exact) mass is 351 g/mol. The number of nitrogens with zero attached hydrogens (tertiary/aromatic N) is 1. The van der Waals surface area contributed by atoms with Gasteiger partial charge in [0.1, 0.15) is 0 Å². The van der Waals surface area contributed by atoms with E-state index >= 15 is 0 Å². The van der Waals surface area contributed by atoms with Gasteiger partial charge in [0.15, 0.2) is 0 Å². The van der Waals surface area contributed by atoms with E-state index < -0.39 is 0 Å². The predicted octanol–water partition coefficient (Wildman–Crippen LogP) is 4.57. The highest BCUT2D eigenvalue weighted by Crippen LogP contribution is 2.31. The van der Waals surface area contributed by atoms with Crippen LogP contribution in [0.3, 0.4) is 0 Å². The average Bonchev–Trinajstić information content (AvgIpc) is 2.60. The van der Waals surface area contributed by atoms with E-state index in [1.807, 2.05) is 68.1 Å². The van der Waals surface area contributed by atoms with Gasteiger partial charge in [-0.3, -0.25) is 4.79 Å². The van der Waals surface area contributed by atoms with Crippen molar-refractivity contribution in [2.45, 2.75) is 33.6 Å². The highest BCUT2D eigenvalue weighted by molar-refractivity contribution is 6.01. The van der Waals surface area contributed by atoms with Gasteiger partial charge in [-0.2, -0.15) is 0 Å². The molecule has 3 rings (SSSR count). The summed E-state index contributed by atoms with van der Waals surface area (Å²) >= 11 is 0. The molecule has 0 aliphatic carbocycles. The van der Waals surface area contributed by atoms with E-state index in [0.29, 0.717) is 5.69 Å². The number of anilines is 3. The van der Waals surface area contributed by atoms with Crippen LogP contribution in [-0.4, -0.2) is 18.5 Å². The minimum absolute atomic E-state index is 0.0535. The standard InChI is InChI=1S/C21H25N3O2/c1-14(2)20(25)24-11-5-7-16-9-10-18(13-19(16)24)23-21(26)22-17-8-4-6-15(3)12-17/h4,6,8-10,12-14H,5,7,11H2,1-3H3,(H2,22,23,26). The molecule has 0 unspecified atom stereocenters. The van der Waals surface area contributed by atoms with Gasteiger partial charge in [-0.05, 0) is 55.2 Å². The first-order valence-electron chi connectivity index (χ1n) is 9.03. The fraction of sp³-hybridized carbons (Fsp3) is 0.333. The lowest BCUT2D eigenvalue weighted by Gasteiger charge is -2.31. The molecular formula is C21H25N3O2. The van der Waals surface area contributed by atoms with Crippen molar-refractivity contribution in [2.24, 2.45) is 5.92 Å². The van der Waals surface area contributed by atoms with E-state index in [4.69, 9.17) is 0 Å². The highest BCUT2D eigenvalue weighted by Gasteiger charge is 2.24. The van der Waals surface area contributed by atoms with E-state index in [2.05, 4.69) is 10.6 Å². The Hall–Kier alpha value is -2.82. The quantitative estimate of drug-likeness (QED) is 0.850. The van der Waals surface area contributed by atoms with Crippen LogP contribution in [0, 0.1) is 12.8 Å². The van der Waals surface area contributed by atoms with E-state index in [1.54, 1.807) is 0 Å². The van der Waals surface area contributed by atoms with Crippen molar-refractivity contribution in [3.05, 3.63) is 53.6 Å². The molecule has 5 heteroatoms. The molecule has 1 aliphatic rings. The summed E-state index contributed by atoms with van der Waals surface area (Å²) in [5.41, 5.74) is 4.56. The number of fused-ring (bicyclic) bond motifs is 1. The van der Waals surface area contributed by atoms with Crippen LogP contribution in [0.5, 0.6) is 0 Å². The predicted molar refractivity (Wildman–Crippen MR) is 106 cm³/mol. The zero-order chi connectivity index (χ0) is 18.7. The highest BCUT2D eigenvalue weighted by atomic mass is 16.2. The fourth-order valence-electron chi connectivity index (χ4n) is 3.21. The smallest absolute Gasteiger partial charge is 0.312 e. The average molecular weight is 351 g/mol. The third-order valence-corrected chi connectivity index (χ3v) is 4.50. The van der Waals surface area contributed by atoms with Crippen molar-refractivity contribution in [1.29, 1.82) is 0 Å². The molecule has 0 fully saturated rings. The number of aryl methyl sites for hydroxylation is 2. The molecule has 5 nitrogen and oxygen atoms in total. The Kier molecular flexibility index (Phi) is 5.26. The molecular weight excluding hydrogens is 326 g/mol. The first kappa shape index (κ1) is 18.0. The molecule has 2 aromatic rings. The summed E-state index contributed by atoms with van der Waals surface area (Å²) in [4.78, 5) is 26.6. The number of amides is 3. The van der Waals surface area contributed by atoms with Crippen LogP contribution in [0.4, 0.5) is 21.9 Å². The van der Waals surface area contributed by atoms with Crippen molar-refractivity contribution < 1.29 is 9.59 Å². The van der Waals surface area contributed by atoms with E-state index in [1.165, 1.54) is 0 Å². The molecule has 0 atom stereocenters. The van der Waals surface area contributed by atoms with E-state index in [-0.39, 0.29) is 17.9 Å². The Balaban J connectivity index is 1.76. The van der Waals surface area contributed by atoms with E-state index in [0.717, 1.165) is 41.9 Å². The van der Waals surface area contributed by atoms with Gasteiger partial charge in [0, 0.05) is 29.5 Å². The number of urea groups is 1. The van der Waals surface area contributed by atoms with Gasteiger partial charge in [-0.15, -0.1) is 0 Å². The lowest BCUT2D eigenvalue weighted by Crippen LogP contribution is -2.38. The molecule has 1 aliphatic heterocycles. The Morgan fingerprint density at radius 3 is 2.46 bits per heavy atom. The lowest BCUT2D eigenvalue weighted by atomic mass is 9.99. The topological polar surface area (TPSA) is 61.4 Å². The van der Waals surface area contributed by atoms with Crippen molar-refractivity contribution in [3.8, 4) is 0 Å². The second kappa shape index (κ2) is 7.60. The van der Waals surface area contributed by atoms with Gasteiger partial charge in [0.05, 0.1) is 0 Å². The Morgan fingerprint density at radius 2 is 1.77 bits per heavy atom. The number of carbonyl (C=O) groups is 2. The number of nitrogens with one attached hydrogen (secondary N) is 2. The largest absolute Gasteiger partial charge is 0.323 e. The van der Waals surface area contributed by atoms with Crippen LogP contribution in [0.15, 0.2) is 42.5 Å². The molecule has 0 saturated carbocycles. The van der Waals surface area contributed by atoms with Crippen LogP contribution < -0.4 is 15.5 Å². The van der Waals surface area contributed by atoms with Gasteiger partial charge >= 0.3 is 6.03 Å². The van der Waals surface area contributed by atoms with Crippen LogP contribution in [-0.2, 0) is 11.2 Å². The molecule has 26 heavy (non-hydrogen) atoms. The van der Waals surface area contributed by atoms with Crippen LogP contribution >= 0.6 is 0 Å². The Morgan fingerprint density at radius 1 is 1.04 bits per heavy atom. The summed E-state index contributed by atoms with van der Waals surface area (Å²) in [7, 11) is 0. The molecule has 0 radical (unpaired) electrons. The zero-order valence-corrected chi connectivity index (χ0v) is 15.5. The lowest BCUT2D eigenvalue weighted by molar-refractivity contribution is -0.121. The van der Waals surface area contributed by atoms with Gasteiger partial charge in [-0.25, -0.2) is 4.79 Å². The van der Waals surface area contributed by atoms with E-state index in [9.17, 15) is 9.59 Å². The Labute approximate surface area is 154 Å². The number of carbonyl (C=O) groups excluding carboxylic acids is 2. The normalized spacial score (nSPS) is 13.3. The van der Waals surface area contributed by atoms with Gasteiger partial charge in [-0.1, -0.05) is 32.0 Å². The Bertz CT molecular complexity index is 830. The van der Waals surface area contributed by atoms with Crippen molar-refractivity contribution in [3.63, 3.8) is 0 Å². The zero-order valence-electron chi connectivity index (χ0n) is 15.5. The minimum atomic E-state index is -0.298. The third kappa shape index (κ3) is 4.04. The second-order valence-electron chi connectivity index (χ2n) is 7.04. The third-order valence-electron chi connectivity index (χ3n) is 4.50. The molecule has 0 aromatic heterocycles. The molecule has 0 bridgehead atoms. The van der Waals surface area contributed by atoms with Crippen LogP contribution in [0.2, 0.25) is 0 Å². The summed E-state index contributed by atoms with van der Waals surface area (Å²) in [6, 6.07) is 13.1. The molecule has 2 N–H and O–H groups in total. The number of hydrogen-bond acceptors (Lipinski definition) is 2. The maximum atomic E-state index is 12.5. The van der Waals surface area contributed by atoms with Crippen molar-refractivity contribution in [2.75, 3.05) is 22.1 Å². The van der Waals surface area contributed by atoms with Crippen LogP contribution in [0.25, 0.3) is 0 Å². The summed E-state index contributed by atoms with van der Waals surface area (Å²) in [5, 5.41) is 5.69. The summed E-state index contributed by atoms with van der Waals surface area (Å²) in [6.07, 6.45) is 1.92. The molecule has 2 aromatic carbocycles. The minimum Gasteiger partial charge on any atom is -0.312 e. The van der Waals surface area contributed by atoms with Gasteiger partial charge in [0.2, 0.25) is 5.91 Å². The molecule has 136 valence electrons. The summed E-state index contributed by atoms with van der Waals surface area (Å²) in [5.74, 6) is 0.0643. The maximum absolute atomic E-state index is 12.5. The summed E-state index contributed by atoms with van der Waals surface area (Å²) < 4.78 is 0. The van der Waals surface area contributed by atoms with Crippen molar-refractivity contribution >= 4 is 29.0 Å². The SMILES string of the molecule is Cc1cccc(NC(=O)Nc2ccc3c(c2)N(C(=O)C(C)C)CCC3)c1. The number of hydrogen-bond donors (Lipinski definition) is 2. The number of benzene rings is 2. The first-order valence-corrected chi connectivity index (χ1v) is 9.03. The second-order valence-corrected chi connectivity index (χ2v) is 7.04. The van der Waals surface area contributed by atoms with Crippen molar-refractivity contribution in [1.82, 2.24) is 0 Å². The van der Waals surface area contributed by atoms with Gasteiger partial charge in [0.25, 0.3) is 0 Å². The molecule has 3 amide bonds. The van der Waals surface area contributed by atoms with Crippen LogP contribution in [0.1, 0.15) is 31.4 Å². The molecule has 1 heterocycles. The number of rotatable bonds is 3. The molecule has 0 spiro atoms. The molecule has 0 saturated heterocycles.